The van der Waals surface area contributed by atoms with Crippen LogP contribution in [0.2, 0.25) is 0 Å². The Bertz CT molecular complexity index is 1530. The molecule has 0 rings (SSSR count). The van der Waals surface area contributed by atoms with Gasteiger partial charge >= 0.3 is 19.8 Å². The van der Waals surface area contributed by atoms with Crippen LogP contribution in [0, 0.1) is 0 Å². The molecule has 0 bridgehead atoms. The summed E-state index contributed by atoms with van der Waals surface area (Å²) in [7, 11) is -4.39. The van der Waals surface area contributed by atoms with Crippen molar-refractivity contribution in [3.8, 4) is 0 Å². The minimum atomic E-state index is -4.39. The Morgan fingerprint density at radius 1 is 0.353 bits per heavy atom. The fraction of sp³-hybridized carbons (Fsp3) is 0.867. The van der Waals surface area contributed by atoms with Crippen molar-refractivity contribution >= 4 is 19.8 Å². The Labute approximate surface area is 527 Å². The van der Waals surface area contributed by atoms with Crippen molar-refractivity contribution in [2.24, 2.45) is 5.73 Å². The molecule has 0 aliphatic rings. The van der Waals surface area contributed by atoms with Crippen molar-refractivity contribution in [1.29, 1.82) is 0 Å². The number of ether oxygens (including phenoxy) is 2. The molecule has 3 N–H and O–H groups in total. The number of esters is 2. The smallest absolute Gasteiger partial charge is 0.462 e. The van der Waals surface area contributed by atoms with Gasteiger partial charge in [0, 0.05) is 19.4 Å². The number of phosphoric ester groups is 1. The SMILES string of the molecule is CCCCCCC/C=C\C/C=C\C/C=C\CCCCCCCCCCC(=O)OC(COC(=O)CCCCCCCCCCCCCCCCCCCCCCCCCCCCCCC/C=C\CCCCCCCCCC)COP(=O)(O)OCCN. The molecule has 85 heavy (non-hydrogen) atoms. The highest BCUT2D eigenvalue weighted by Gasteiger charge is 2.26. The molecule has 0 aromatic rings. The van der Waals surface area contributed by atoms with Crippen LogP contribution in [0.25, 0.3) is 0 Å². The number of nitrogens with two attached hydrogens (primary N) is 1. The first-order valence-electron chi connectivity index (χ1n) is 37.1. The van der Waals surface area contributed by atoms with Gasteiger partial charge in [0.15, 0.2) is 6.10 Å². The number of carbonyl (C=O) groups excluding carboxylic acids is 2. The molecule has 0 heterocycles. The van der Waals surface area contributed by atoms with Crippen LogP contribution in [-0.2, 0) is 32.7 Å². The zero-order chi connectivity index (χ0) is 61.6. The third kappa shape index (κ3) is 70.9. The van der Waals surface area contributed by atoms with Gasteiger partial charge in [-0.25, -0.2) is 4.57 Å². The molecule has 0 aromatic heterocycles. The van der Waals surface area contributed by atoms with Crippen molar-refractivity contribution in [3.63, 3.8) is 0 Å². The summed E-state index contributed by atoms with van der Waals surface area (Å²) in [6.45, 7) is 3.78. The highest BCUT2D eigenvalue weighted by molar-refractivity contribution is 7.47. The van der Waals surface area contributed by atoms with Gasteiger partial charge in [-0.15, -0.1) is 0 Å². The summed E-state index contributed by atoms with van der Waals surface area (Å²) in [6, 6.07) is 0. The van der Waals surface area contributed by atoms with Crippen LogP contribution in [0.5, 0.6) is 0 Å². The first-order chi connectivity index (χ1) is 41.8. The number of carbonyl (C=O) groups is 2. The predicted octanol–water partition coefficient (Wildman–Crippen LogP) is 24.4. The number of allylic oxidation sites excluding steroid dienone is 8. The van der Waals surface area contributed by atoms with Gasteiger partial charge in [-0.2, -0.15) is 0 Å². The van der Waals surface area contributed by atoms with E-state index in [0.29, 0.717) is 6.42 Å². The molecule has 0 saturated heterocycles. The molecule has 0 radical (unpaired) electrons. The predicted molar refractivity (Wildman–Crippen MR) is 367 cm³/mol. The summed E-state index contributed by atoms with van der Waals surface area (Å²) in [5, 5.41) is 0. The lowest BCUT2D eigenvalue weighted by Crippen LogP contribution is -2.29. The van der Waals surface area contributed by atoms with Crippen molar-refractivity contribution in [2.75, 3.05) is 26.4 Å². The van der Waals surface area contributed by atoms with Gasteiger partial charge in [-0.1, -0.05) is 345 Å². The second-order valence-electron chi connectivity index (χ2n) is 25.2. The molecule has 0 spiro atoms. The van der Waals surface area contributed by atoms with Crippen molar-refractivity contribution in [1.82, 2.24) is 0 Å². The lowest BCUT2D eigenvalue weighted by molar-refractivity contribution is -0.161. The number of unbranched alkanes of at least 4 members (excludes halogenated alkanes) is 50. The minimum Gasteiger partial charge on any atom is -0.462 e. The minimum absolute atomic E-state index is 0.0527. The van der Waals surface area contributed by atoms with Crippen LogP contribution in [0.4, 0.5) is 0 Å². The van der Waals surface area contributed by atoms with Gasteiger partial charge in [0.05, 0.1) is 13.2 Å². The average molecular weight is 1220 g/mol. The molecular weight excluding hydrogens is 1070 g/mol. The van der Waals surface area contributed by atoms with Crippen molar-refractivity contribution in [3.05, 3.63) is 48.6 Å². The summed E-state index contributed by atoms with van der Waals surface area (Å²) in [4.78, 5) is 35.3. The van der Waals surface area contributed by atoms with E-state index in [9.17, 15) is 19.0 Å². The molecule has 2 atom stereocenters. The first kappa shape index (κ1) is 83.0. The van der Waals surface area contributed by atoms with Crippen molar-refractivity contribution < 1.29 is 37.6 Å². The third-order valence-corrected chi connectivity index (χ3v) is 17.7. The molecule has 0 aromatic carbocycles. The summed E-state index contributed by atoms with van der Waals surface area (Å²) >= 11 is 0. The maximum atomic E-state index is 12.7. The highest BCUT2D eigenvalue weighted by Crippen LogP contribution is 2.43. The van der Waals surface area contributed by atoms with E-state index in [0.717, 1.165) is 57.8 Å². The molecule has 9 nitrogen and oxygen atoms in total. The Balaban J connectivity index is 3.75. The molecule has 500 valence electrons. The average Bonchev–Trinajstić information content (AvgIpc) is 3.52. The van der Waals surface area contributed by atoms with Gasteiger partial charge in [0.1, 0.15) is 6.61 Å². The van der Waals surface area contributed by atoms with Crippen LogP contribution in [0.1, 0.15) is 386 Å². The summed E-state index contributed by atoms with van der Waals surface area (Å²) < 4.78 is 33.2. The van der Waals surface area contributed by atoms with E-state index in [-0.39, 0.29) is 38.6 Å². The largest absolute Gasteiger partial charge is 0.472 e. The van der Waals surface area contributed by atoms with Gasteiger partial charge in [0.2, 0.25) is 0 Å². The van der Waals surface area contributed by atoms with Gasteiger partial charge in [-0.3, -0.25) is 18.6 Å². The monoisotopic (exact) mass is 1220 g/mol. The maximum Gasteiger partial charge on any atom is 0.472 e. The number of hydrogen-bond donors (Lipinski definition) is 2. The Morgan fingerprint density at radius 3 is 0.918 bits per heavy atom. The molecule has 0 aliphatic heterocycles. The number of rotatable bonds is 71. The molecular formula is C75H142NO8P. The molecule has 0 saturated carbocycles. The summed E-state index contributed by atoms with van der Waals surface area (Å²) in [6.07, 6.45) is 91.0. The molecule has 2 unspecified atom stereocenters. The second-order valence-corrected chi connectivity index (χ2v) is 26.6. The van der Waals surface area contributed by atoms with Gasteiger partial charge < -0.3 is 20.1 Å². The number of hydrogen-bond acceptors (Lipinski definition) is 8. The van der Waals surface area contributed by atoms with Crippen LogP contribution in [-0.4, -0.2) is 49.3 Å². The summed E-state index contributed by atoms with van der Waals surface area (Å²) in [5.74, 6) is -0.819. The van der Waals surface area contributed by atoms with Gasteiger partial charge in [-0.05, 0) is 77.0 Å². The first-order valence-corrected chi connectivity index (χ1v) is 38.6. The van der Waals surface area contributed by atoms with Crippen molar-refractivity contribution in [2.45, 2.75) is 392 Å². The Morgan fingerprint density at radius 2 is 0.612 bits per heavy atom. The molecule has 10 heteroatoms. The Kier molecular flexibility index (Phi) is 69.4. The van der Waals surface area contributed by atoms with Crippen LogP contribution in [0.3, 0.4) is 0 Å². The molecule has 0 aliphatic carbocycles. The second kappa shape index (κ2) is 71.1. The van der Waals surface area contributed by atoms with E-state index in [1.807, 2.05) is 0 Å². The Hall–Kier alpha value is -2.03. The van der Waals surface area contributed by atoms with Gasteiger partial charge in [0.25, 0.3) is 0 Å². The molecule has 0 fully saturated rings. The lowest BCUT2D eigenvalue weighted by atomic mass is 10.0. The third-order valence-electron chi connectivity index (χ3n) is 16.7. The van der Waals surface area contributed by atoms with E-state index in [1.54, 1.807) is 0 Å². The fourth-order valence-electron chi connectivity index (χ4n) is 11.2. The van der Waals surface area contributed by atoms with Crippen LogP contribution >= 0.6 is 7.82 Å². The fourth-order valence-corrected chi connectivity index (χ4v) is 11.9. The zero-order valence-electron chi connectivity index (χ0n) is 56.4. The van der Waals surface area contributed by atoms with E-state index in [4.69, 9.17) is 24.3 Å². The van der Waals surface area contributed by atoms with Crippen LogP contribution < -0.4 is 5.73 Å². The van der Waals surface area contributed by atoms with E-state index in [2.05, 4.69) is 62.5 Å². The number of phosphoric acid groups is 1. The quantitative estimate of drug-likeness (QED) is 0.0264. The topological polar surface area (TPSA) is 134 Å². The highest BCUT2D eigenvalue weighted by atomic mass is 31.2. The lowest BCUT2D eigenvalue weighted by Gasteiger charge is -2.19. The van der Waals surface area contributed by atoms with E-state index >= 15 is 0 Å². The zero-order valence-corrected chi connectivity index (χ0v) is 57.3. The van der Waals surface area contributed by atoms with Crippen LogP contribution in [0.15, 0.2) is 48.6 Å². The summed E-state index contributed by atoms with van der Waals surface area (Å²) in [5.41, 5.74) is 5.40. The van der Waals surface area contributed by atoms with E-state index in [1.165, 1.54) is 295 Å². The standard InChI is InChI=1S/C75H142NO8P/c1-3-5-7-9-11-13-15-17-19-21-23-25-27-28-29-30-31-32-33-34-35-36-37-38-39-40-41-42-43-44-46-47-49-51-53-55-57-59-61-63-65-67-74(77)81-71-73(72-83-85(79,80)82-70-69-76)84-75(78)68-66-64-62-60-58-56-54-52-50-48-45-26-24-22-20-18-16-14-12-10-8-6-4-2/h16,18,21-24,45,48,73H,3-15,17,19-20,25-44,46-47,49-72,76H2,1-2H3,(H,79,80)/b18-16-,23-21-,24-22-,48-45-. The molecule has 0 amide bonds. The normalized spacial score (nSPS) is 13.1. The maximum absolute atomic E-state index is 12.7. The van der Waals surface area contributed by atoms with E-state index < -0.39 is 26.5 Å².